The first-order chi connectivity index (χ1) is 15.7. The zero-order chi connectivity index (χ0) is 25.2. The van der Waals surface area contributed by atoms with E-state index in [1.165, 1.54) is 0 Å². The van der Waals surface area contributed by atoms with E-state index in [2.05, 4.69) is 9.72 Å². The van der Waals surface area contributed by atoms with Gasteiger partial charge in [-0.25, -0.2) is 4.79 Å². The van der Waals surface area contributed by atoms with Crippen LogP contribution in [0.4, 0.5) is 4.79 Å². The number of carbonyl (C=O) groups is 2. The maximum absolute atomic E-state index is 12.4. The number of halogens is 1. The average Bonchev–Trinajstić information content (AvgIpc) is 3.22. The largest absolute Gasteiger partial charge is 0.495 e. The molecule has 3 rings (SSSR count). The lowest BCUT2D eigenvalue weighted by molar-refractivity contribution is -0.128. The smallest absolute Gasteiger partial charge is 0.410 e. The molecule has 182 valence electrons. The zero-order valence-electron chi connectivity index (χ0n) is 20.8. The Morgan fingerprint density at radius 1 is 1.27 bits per heavy atom. The molecule has 0 saturated carbocycles. The number of hydrogen-bond acceptors (Lipinski definition) is 6. The highest BCUT2D eigenvalue weighted by atomic mass is 35.5. The molecule has 1 aliphatic rings. The fourth-order valence-electron chi connectivity index (χ4n) is 3.17. The Morgan fingerprint density at radius 2 is 1.94 bits per heavy atom. The summed E-state index contributed by atoms with van der Waals surface area (Å²) in [6.45, 7) is 15.1. The van der Waals surface area contributed by atoms with Gasteiger partial charge >= 0.3 is 6.09 Å². The lowest BCUT2D eigenvalue weighted by Crippen LogP contribution is -2.33. The molecule has 0 fully saturated rings. The Balaban J connectivity index is 0.000000689. The quantitative estimate of drug-likeness (QED) is 0.474. The summed E-state index contributed by atoms with van der Waals surface area (Å²) in [5, 5.41) is 1.48. The summed E-state index contributed by atoms with van der Waals surface area (Å²) < 4.78 is 15.1. The van der Waals surface area contributed by atoms with Gasteiger partial charge in [-0.3, -0.25) is 14.7 Å². The van der Waals surface area contributed by atoms with Crippen LogP contribution in [0, 0.1) is 0 Å². The van der Waals surface area contributed by atoms with Crippen LogP contribution >= 0.6 is 11.6 Å². The van der Waals surface area contributed by atoms with Crippen LogP contribution in [0.15, 0.2) is 18.3 Å². The highest BCUT2D eigenvalue weighted by molar-refractivity contribution is 6.34. The average molecular weight is 479 g/mol. The molecular formula is C25H35ClN2O5. The summed E-state index contributed by atoms with van der Waals surface area (Å²) in [6, 6.07) is 1.90. The number of aromatic nitrogens is 1. The molecule has 1 amide bonds. The van der Waals surface area contributed by atoms with E-state index < -0.39 is 5.60 Å². The normalized spacial score (nSPS) is 12.3. The van der Waals surface area contributed by atoms with Crippen molar-refractivity contribution in [1.82, 2.24) is 9.88 Å². The number of carbonyl (C=O) groups excluding carboxylic acids is 2. The Morgan fingerprint density at radius 3 is 2.42 bits per heavy atom. The molecule has 0 aliphatic carbocycles. The van der Waals surface area contributed by atoms with Crippen LogP contribution in [0.5, 0.6) is 5.75 Å². The minimum atomic E-state index is -0.526. The highest BCUT2D eigenvalue weighted by Crippen LogP contribution is 2.39. The van der Waals surface area contributed by atoms with E-state index in [1.54, 1.807) is 18.9 Å². The highest BCUT2D eigenvalue weighted by Gasteiger charge is 2.30. The number of benzene rings is 1. The molecule has 1 aliphatic heterocycles. The number of fused-ring (bicyclic) bond motifs is 3. The van der Waals surface area contributed by atoms with E-state index in [9.17, 15) is 9.59 Å². The number of allylic oxidation sites excluding steroid dienone is 1. The lowest BCUT2D eigenvalue weighted by Gasteiger charge is -2.24. The molecule has 0 unspecified atom stereocenters. The fourth-order valence-corrected chi connectivity index (χ4v) is 3.46. The predicted molar refractivity (Wildman–Crippen MR) is 133 cm³/mol. The molecule has 0 radical (unpaired) electrons. The van der Waals surface area contributed by atoms with Gasteiger partial charge in [0.2, 0.25) is 0 Å². The first-order valence-electron chi connectivity index (χ1n) is 11.0. The summed E-state index contributed by atoms with van der Waals surface area (Å²) in [5.74, 6) is 0.596. The topological polar surface area (TPSA) is 78.0 Å². The minimum absolute atomic E-state index is 0.323. The van der Waals surface area contributed by atoms with Crippen molar-refractivity contribution in [3.05, 3.63) is 40.1 Å². The molecular weight excluding hydrogens is 444 g/mol. The maximum Gasteiger partial charge on any atom is 0.410 e. The maximum atomic E-state index is 12.4. The SMILES string of the molecule is C/C=C/c1c(Cl)c(OC)cc2c3c(cnc12)CN(C(=O)OC(C)(C)C)C3.CC.CCOC=O. The van der Waals surface area contributed by atoms with Gasteiger partial charge in [0.05, 0.1) is 37.3 Å². The molecule has 1 aromatic heterocycles. The molecule has 0 spiro atoms. The third-order valence-electron chi connectivity index (χ3n) is 4.45. The lowest BCUT2D eigenvalue weighted by atomic mass is 10.0. The number of hydrogen-bond donors (Lipinski definition) is 0. The van der Waals surface area contributed by atoms with Crippen molar-refractivity contribution in [3.63, 3.8) is 0 Å². The third kappa shape index (κ3) is 7.35. The van der Waals surface area contributed by atoms with Gasteiger partial charge in [-0.15, -0.1) is 0 Å². The third-order valence-corrected chi connectivity index (χ3v) is 4.84. The number of methoxy groups -OCH3 is 1. The zero-order valence-corrected chi connectivity index (χ0v) is 21.6. The summed E-state index contributed by atoms with van der Waals surface area (Å²) in [5.41, 5.74) is 3.17. The molecule has 0 atom stereocenters. The van der Waals surface area contributed by atoms with E-state index >= 15 is 0 Å². The van der Waals surface area contributed by atoms with Crippen molar-refractivity contribution < 1.29 is 23.8 Å². The van der Waals surface area contributed by atoms with Crippen LogP contribution in [-0.4, -0.2) is 41.8 Å². The molecule has 2 aromatic rings. The molecule has 7 nitrogen and oxygen atoms in total. The molecule has 0 saturated heterocycles. The van der Waals surface area contributed by atoms with Gasteiger partial charge in [0.1, 0.15) is 11.4 Å². The van der Waals surface area contributed by atoms with E-state index in [1.807, 2.05) is 66.0 Å². The van der Waals surface area contributed by atoms with Crippen molar-refractivity contribution in [1.29, 1.82) is 0 Å². The number of amides is 1. The van der Waals surface area contributed by atoms with Crippen LogP contribution in [0.1, 0.15) is 65.2 Å². The van der Waals surface area contributed by atoms with Crippen LogP contribution in [-0.2, 0) is 27.4 Å². The Kier molecular flexibility index (Phi) is 11.2. The van der Waals surface area contributed by atoms with E-state index in [0.29, 0.717) is 36.9 Å². The monoisotopic (exact) mass is 478 g/mol. The Hall–Kier alpha value is -2.80. The number of ether oxygens (including phenoxy) is 3. The summed E-state index contributed by atoms with van der Waals surface area (Å²) in [4.78, 5) is 27.9. The van der Waals surface area contributed by atoms with Gasteiger partial charge in [-0.2, -0.15) is 0 Å². The minimum Gasteiger partial charge on any atom is -0.495 e. The van der Waals surface area contributed by atoms with Crippen molar-refractivity contribution in [3.8, 4) is 5.75 Å². The van der Waals surface area contributed by atoms with Crippen LogP contribution in [0.2, 0.25) is 5.02 Å². The number of nitrogens with zero attached hydrogens (tertiary/aromatic N) is 2. The first-order valence-corrected chi connectivity index (χ1v) is 11.4. The van der Waals surface area contributed by atoms with E-state index in [0.717, 1.165) is 27.6 Å². The second kappa shape index (κ2) is 13.0. The number of rotatable bonds is 4. The van der Waals surface area contributed by atoms with E-state index in [-0.39, 0.29) is 6.09 Å². The Labute approximate surface area is 201 Å². The summed E-state index contributed by atoms with van der Waals surface area (Å²) in [7, 11) is 1.59. The standard InChI is InChI=1S/C20H23ClN2O3.C3H6O2.C2H6/c1-6-7-13-17(21)16(25-5)8-14-15-11-23(19(24)26-20(2,3)4)10-12(15)9-22-18(13)14;1-2-5-3-4;1-2/h6-9H,10-11H2,1-5H3;3H,2H2,1H3;1-2H3/b7-6+;;. The molecule has 0 N–H and O–H groups in total. The van der Waals surface area contributed by atoms with Gasteiger partial charge in [0.15, 0.2) is 0 Å². The van der Waals surface area contributed by atoms with Crippen molar-refractivity contribution in [2.24, 2.45) is 0 Å². The van der Waals surface area contributed by atoms with Crippen molar-refractivity contribution >= 4 is 41.1 Å². The molecule has 33 heavy (non-hydrogen) atoms. The fraction of sp³-hybridized carbons (Fsp3) is 0.480. The van der Waals surface area contributed by atoms with Crippen molar-refractivity contribution in [2.45, 2.75) is 67.2 Å². The van der Waals surface area contributed by atoms with E-state index in [4.69, 9.17) is 21.1 Å². The second-order valence-corrected chi connectivity index (χ2v) is 8.23. The van der Waals surface area contributed by atoms with Gasteiger partial charge in [-0.05, 0) is 51.8 Å². The van der Waals surface area contributed by atoms with Crippen LogP contribution < -0.4 is 4.74 Å². The van der Waals surface area contributed by atoms with Gasteiger partial charge < -0.3 is 14.2 Å². The molecule has 1 aromatic carbocycles. The van der Waals surface area contributed by atoms with Crippen molar-refractivity contribution in [2.75, 3.05) is 13.7 Å². The molecule has 0 bridgehead atoms. The number of pyridine rings is 1. The van der Waals surface area contributed by atoms with Crippen LogP contribution in [0.25, 0.3) is 17.0 Å². The molecule has 2 heterocycles. The summed E-state index contributed by atoms with van der Waals surface area (Å²) >= 11 is 6.47. The first kappa shape index (κ1) is 28.2. The molecule has 8 heteroatoms. The van der Waals surface area contributed by atoms with Gasteiger partial charge in [0.25, 0.3) is 6.47 Å². The summed E-state index contributed by atoms with van der Waals surface area (Å²) in [6.07, 6.45) is 5.34. The Bertz CT molecular complexity index is 983. The van der Waals surface area contributed by atoms with Crippen LogP contribution in [0.3, 0.4) is 0 Å². The van der Waals surface area contributed by atoms with Gasteiger partial charge in [-0.1, -0.05) is 37.6 Å². The second-order valence-electron chi connectivity index (χ2n) is 7.85. The predicted octanol–water partition coefficient (Wildman–Crippen LogP) is 6.39. The van der Waals surface area contributed by atoms with Gasteiger partial charge in [0, 0.05) is 17.1 Å².